The Balaban J connectivity index is 1.51. The van der Waals surface area contributed by atoms with Crippen molar-refractivity contribution >= 4 is 46.0 Å². The van der Waals surface area contributed by atoms with Crippen LogP contribution in [0, 0.1) is 0 Å². The minimum Gasteiger partial charge on any atom is -0.494 e. The van der Waals surface area contributed by atoms with Crippen molar-refractivity contribution in [2.24, 2.45) is 0 Å². The summed E-state index contributed by atoms with van der Waals surface area (Å²) in [6, 6.07) is 15.0. The predicted molar refractivity (Wildman–Crippen MR) is 189 cm³/mol. The summed E-state index contributed by atoms with van der Waals surface area (Å²) in [7, 11) is -3.37. The van der Waals surface area contributed by atoms with Crippen LogP contribution in [0.4, 0.5) is 20.2 Å². The van der Waals surface area contributed by atoms with Crippen molar-refractivity contribution in [2.75, 3.05) is 18.1 Å². The average molecular weight is 701 g/mol. The first-order valence-corrected chi connectivity index (χ1v) is 22.3. The third-order valence-corrected chi connectivity index (χ3v) is 13.5. The lowest BCUT2D eigenvalue weighted by Gasteiger charge is -2.31. The number of rotatable bonds is 17. The molecule has 3 rings (SSSR count). The number of esters is 1. The maximum Gasteiger partial charge on any atom is 0.426 e. The van der Waals surface area contributed by atoms with Crippen LogP contribution in [0.3, 0.4) is 0 Å². The molecular formula is C35H46F2N2O7Si2. The zero-order chi connectivity index (χ0) is 35.7. The Hall–Kier alpha value is -4.21. The van der Waals surface area contributed by atoms with Crippen LogP contribution in [0.25, 0.3) is 6.08 Å². The van der Waals surface area contributed by atoms with Crippen LogP contribution in [0.1, 0.15) is 46.8 Å². The summed E-state index contributed by atoms with van der Waals surface area (Å²) in [4.78, 5) is 23.7. The molecule has 0 radical (unpaired) electrons. The van der Waals surface area contributed by atoms with E-state index in [1.165, 1.54) is 72.8 Å². The number of carbonyl (C=O) groups excluding carboxylic acids is 1. The van der Waals surface area contributed by atoms with Gasteiger partial charge < -0.3 is 34.9 Å². The molecule has 0 aliphatic carbocycles. The summed E-state index contributed by atoms with van der Waals surface area (Å²) < 4.78 is 52.5. The number of alkyl halides is 2. The highest BCUT2D eigenvalue weighted by atomic mass is 28.4. The van der Waals surface area contributed by atoms with Crippen molar-refractivity contribution in [2.45, 2.75) is 77.2 Å². The van der Waals surface area contributed by atoms with Crippen LogP contribution in [0.5, 0.6) is 11.5 Å². The van der Waals surface area contributed by atoms with Crippen LogP contribution >= 0.6 is 0 Å². The molecule has 0 saturated heterocycles. The van der Waals surface area contributed by atoms with E-state index in [0.717, 1.165) is 12.5 Å². The van der Waals surface area contributed by atoms with Gasteiger partial charge in [0.2, 0.25) is 0 Å². The number of nitrogens with two attached hydrogens (primary N) is 2. The Labute approximate surface area is 283 Å². The first kappa shape index (κ1) is 38.2. The van der Waals surface area contributed by atoms with Crippen molar-refractivity contribution in [1.29, 1.82) is 0 Å². The van der Waals surface area contributed by atoms with E-state index in [2.05, 4.69) is 32.7 Å². The normalized spacial score (nSPS) is 12.9. The lowest BCUT2D eigenvalue weighted by molar-refractivity contribution is -0.185. The van der Waals surface area contributed by atoms with Gasteiger partial charge in [0.05, 0.1) is 17.7 Å². The molecule has 3 aromatic rings. The number of carboxylic acid groups (broad SMARTS) is 1. The molecule has 0 aliphatic rings. The molecule has 0 heterocycles. The summed E-state index contributed by atoms with van der Waals surface area (Å²) in [5, 5.41) is 9.18. The molecule has 1 atom stereocenters. The molecular weight excluding hydrogens is 655 g/mol. The Morgan fingerprint density at radius 2 is 1.52 bits per heavy atom. The number of benzene rings is 3. The number of carboxylic acids is 1. The molecule has 9 nitrogen and oxygen atoms in total. The fraction of sp³-hybridized carbons (Fsp3) is 0.371. The quantitative estimate of drug-likeness (QED) is 0.0419. The lowest BCUT2D eigenvalue weighted by Crippen LogP contribution is -2.42. The largest absolute Gasteiger partial charge is 0.494 e. The zero-order valence-corrected chi connectivity index (χ0v) is 30.3. The minimum atomic E-state index is -3.58. The SMILES string of the molecule is CCC(Cc1c(N)cc(C(=O)O)cc1N)OC(=O)C=Cc1ccc(OC(F)(F)c2ccc(OCCC[Si](C)(C)O[Si](C)(C)C)cc2)cc1. The fourth-order valence-corrected chi connectivity index (χ4v) is 13.1. The topological polar surface area (TPSA) is 143 Å². The highest BCUT2D eigenvalue weighted by Crippen LogP contribution is 2.33. The highest BCUT2D eigenvalue weighted by Gasteiger charge is 2.34. The van der Waals surface area contributed by atoms with Crippen molar-refractivity contribution in [3.63, 3.8) is 0 Å². The van der Waals surface area contributed by atoms with E-state index in [-0.39, 0.29) is 34.7 Å². The van der Waals surface area contributed by atoms with Gasteiger partial charge in [0, 0.05) is 29.4 Å². The van der Waals surface area contributed by atoms with E-state index in [0.29, 0.717) is 29.9 Å². The predicted octanol–water partition coefficient (Wildman–Crippen LogP) is 8.08. The zero-order valence-electron chi connectivity index (χ0n) is 28.3. The number of nitrogen functional groups attached to an aromatic ring is 2. The second-order valence-corrected chi connectivity index (χ2v) is 22.1. The van der Waals surface area contributed by atoms with E-state index in [9.17, 15) is 23.5 Å². The van der Waals surface area contributed by atoms with E-state index in [1.54, 1.807) is 0 Å². The first-order valence-electron chi connectivity index (χ1n) is 15.8. The molecule has 0 aliphatic heterocycles. The third-order valence-electron chi connectivity index (χ3n) is 7.24. The first-order chi connectivity index (χ1) is 22.4. The summed E-state index contributed by atoms with van der Waals surface area (Å²) in [5.74, 6) is -1.32. The van der Waals surface area contributed by atoms with Crippen LogP contribution < -0.4 is 20.9 Å². The molecule has 3 aromatic carbocycles. The van der Waals surface area contributed by atoms with Gasteiger partial charge in [-0.25, -0.2) is 9.59 Å². The molecule has 260 valence electrons. The molecule has 0 fully saturated rings. The monoisotopic (exact) mass is 700 g/mol. The summed E-state index contributed by atoms with van der Waals surface area (Å²) in [5.41, 5.74) is 13.1. The molecule has 0 spiro atoms. The second kappa shape index (κ2) is 16.3. The number of anilines is 2. The van der Waals surface area contributed by atoms with E-state index in [4.69, 9.17) is 29.8 Å². The lowest BCUT2D eigenvalue weighted by atomic mass is 10.00. The van der Waals surface area contributed by atoms with Gasteiger partial charge in [0.1, 0.15) is 17.6 Å². The van der Waals surface area contributed by atoms with Gasteiger partial charge in [-0.15, -0.1) is 0 Å². The Morgan fingerprint density at radius 1 is 0.938 bits per heavy atom. The Bertz CT molecular complexity index is 1550. The van der Waals surface area contributed by atoms with E-state index < -0.39 is 40.8 Å². The van der Waals surface area contributed by atoms with E-state index >= 15 is 0 Å². The van der Waals surface area contributed by atoms with Gasteiger partial charge >= 0.3 is 18.0 Å². The smallest absolute Gasteiger partial charge is 0.426 e. The van der Waals surface area contributed by atoms with Crippen molar-refractivity contribution in [1.82, 2.24) is 0 Å². The maximum atomic E-state index is 14.9. The van der Waals surface area contributed by atoms with Gasteiger partial charge in [0.15, 0.2) is 16.6 Å². The average Bonchev–Trinajstić information content (AvgIpc) is 2.99. The number of aromatic carboxylic acids is 1. The van der Waals surface area contributed by atoms with Gasteiger partial charge in [-0.05, 0) is 112 Å². The summed E-state index contributed by atoms with van der Waals surface area (Å²) in [6.07, 6.45) is 0.0633. The molecule has 0 amide bonds. The molecule has 48 heavy (non-hydrogen) atoms. The molecule has 0 saturated carbocycles. The Morgan fingerprint density at radius 3 is 2.06 bits per heavy atom. The van der Waals surface area contributed by atoms with Gasteiger partial charge in [-0.2, -0.15) is 8.78 Å². The third kappa shape index (κ3) is 12.1. The second-order valence-electron chi connectivity index (χ2n) is 13.1. The van der Waals surface area contributed by atoms with Crippen LogP contribution in [-0.2, 0) is 26.2 Å². The van der Waals surface area contributed by atoms with Crippen molar-refractivity contribution < 1.29 is 41.8 Å². The molecule has 5 N–H and O–H groups in total. The minimum absolute atomic E-state index is 0.0305. The number of carbonyl (C=O) groups is 2. The number of halogens is 2. The van der Waals surface area contributed by atoms with E-state index in [1.807, 2.05) is 6.92 Å². The molecule has 13 heteroatoms. The fourth-order valence-electron chi connectivity index (χ4n) is 5.11. The molecule has 0 bridgehead atoms. The van der Waals surface area contributed by atoms with Crippen LogP contribution in [0.2, 0.25) is 38.8 Å². The van der Waals surface area contributed by atoms with Crippen LogP contribution in [0.15, 0.2) is 66.7 Å². The summed E-state index contributed by atoms with van der Waals surface area (Å²) in [6.45, 7) is 13.3. The number of hydrogen-bond acceptors (Lipinski definition) is 8. The van der Waals surface area contributed by atoms with Gasteiger partial charge in [-0.3, -0.25) is 0 Å². The maximum absolute atomic E-state index is 14.9. The van der Waals surface area contributed by atoms with Gasteiger partial charge in [-0.1, -0.05) is 19.1 Å². The number of ether oxygens (including phenoxy) is 3. The summed E-state index contributed by atoms with van der Waals surface area (Å²) >= 11 is 0. The number of hydrogen-bond donors (Lipinski definition) is 3. The van der Waals surface area contributed by atoms with Crippen molar-refractivity contribution in [3.8, 4) is 11.5 Å². The van der Waals surface area contributed by atoms with Gasteiger partial charge in [0.25, 0.3) is 0 Å². The molecule has 0 aromatic heterocycles. The standard InChI is InChI=1S/C35H46F2N2O7Si2/c1-7-27(23-30-31(38)21-25(34(41)42)22-32(30)39)44-33(40)18-11-24-9-14-29(15-10-24)45-35(36,37)26-12-16-28(17-13-26)43-19-8-20-48(5,6)46-47(2,3)4/h9-18,21-22,27H,7-8,19-20,23,38-39H2,1-6H3,(H,41,42). The highest BCUT2D eigenvalue weighted by molar-refractivity contribution is 6.84. The van der Waals surface area contributed by atoms with Crippen molar-refractivity contribution in [3.05, 3.63) is 89.0 Å². The Kier molecular flexibility index (Phi) is 13.0. The molecule has 1 unspecified atom stereocenters. The van der Waals surface area contributed by atoms with Crippen LogP contribution in [-0.4, -0.2) is 46.4 Å².